The molecule has 0 aliphatic carbocycles. The number of amides is 1. The lowest BCUT2D eigenvalue weighted by molar-refractivity contribution is -0.117. The Balaban J connectivity index is 1.89. The van der Waals surface area contributed by atoms with E-state index in [1.54, 1.807) is 0 Å². The molecule has 0 fully saturated rings. The second-order valence-electron chi connectivity index (χ2n) is 6.58. The first-order valence-corrected chi connectivity index (χ1v) is 11.7. The molecule has 1 atom stereocenters. The van der Waals surface area contributed by atoms with Gasteiger partial charge in [0.1, 0.15) is 5.25 Å². The second kappa shape index (κ2) is 8.67. The van der Waals surface area contributed by atoms with E-state index in [4.69, 9.17) is 0 Å². The smallest absolute Gasteiger partial charge is 0.246 e. The summed E-state index contributed by atoms with van der Waals surface area (Å²) in [6.07, 6.45) is 1.70. The molecule has 0 aliphatic heterocycles. The third-order valence-corrected chi connectivity index (χ3v) is 6.87. The molecule has 0 radical (unpaired) electrons. The number of nitrogens with zero attached hydrogens (tertiary/aromatic N) is 2. The van der Waals surface area contributed by atoms with Gasteiger partial charge in [-0.05, 0) is 18.9 Å². The van der Waals surface area contributed by atoms with Crippen LogP contribution in [0.3, 0.4) is 0 Å². The number of anilines is 1. The summed E-state index contributed by atoms with van der Waals surface area (Å²) in [4.78, 5) is 19.1. The fourth-order valence-electron chi connectivity index (χ4n) is 2.72. The molecule has 0 bridgehead atoms. The molecule has 1 aromatic heterocycles. The van der Waals surface area contributed by atoms with Crippen molar-refractivity contribution in [3.8, 4) is 11.3 Å². The molecule has 2 aromatic carbocycles. The predicted molar refractivity (Wildman–Crippen MR) is 114 cm³/mol. The van der Waals surface area contributed by atoms with Gasteiger partial charge in [-0.3, -0.25) is 9.69 Å². The van der Waals surface area contributed by atoms with Crippen molar-refractivity contribution in [3.05, 3.63) is 71.6 Å². The van der Waals surface area contributed by atoms with Crippen LogP contribution in [0, 0.1) is 0 Å². The fourth-order valence-corrected chi connectivity index (χ4v) is 4.08. The van der Waals surface area contributed by atoms with Gasteiger partial charge in [0.25, 0.3) is 0 Å². The quantitative estimate of drug-likeness (QED) is 0.589. The number of hydrogen-bond acceptors (Lipinski definition) is 5. The molecule has 5 nitrogen and oxygen atoms in total. The van der Waals surface area contributed by atoms with Gasteiger partial charge in [-0.1, -0.05) is 60.7 Å². The summed E-state index contributed by atoms with van der Waals surface area (Å²) in [6.45, 7) is 1.79. The Morgan fingerprint density at radius 1 is 1.07 bits per heavy atom. The standard InChI is InChI=1S/C21H22N2O3S2/c1-16(28(2,25)26)20(24)23(14-13-17-9-5-3-6-10-17)21-22-19(15-27-21)18-11-7-4-8-12-18/h3-12,15-16H,13-14H2,1-2H3. The summed E-state index contributed by atoms with van der Waals surface area (Å²) in [7, 11) is -3.50. The highest BCUT2D eigenvalue weighted by atomic mass is 32.2. The van der Waals surface area contributed by atoms with Crippen LogP contribution in [0.5, 0.6) is 0 Å². The predicted octanol–water partition coefficient (Wildman–Crippen LogP) is 3.82. The van der Waals surface area contributed by atoms with E-state index in [1.807, 2.05) is 66.0 Å². The normalized spacial score (nSPS) is 12.5. The number of carbonyl (C=O) groups is 1. The highest BCUT2D eigenvalue weighted by Crippen LogP contribution is 2.28. The highest BCUT2D eigenvalue weighted by Gasteiger charge is 2.30. The number of rotatable bonds is 7. The van der Waals surface area contributed by atoms with Gasteiger partial charge in [0.2, 0.25) is 5.91 Å². The summed E-state index contributed by atoms with van der Waals surface area (Å²) in [6, 6.07) is 19.5. The molecule has 28 heavy (non-hydrogen) atoms. The van der Waals surface area contributed by atoms with Crippen LogP contribution in [-0.4, -0.2) is 37.4 Å². The Hall–Kier alpha value is -2.51. The number of aromatic nitrogens is 1. The van der Waals surface area contributed by atoms with Crippen LogP contribution < -0.4 is 4.90 Å². The lowest BCUT2D eigenvalue weighted by Gasteiger charge is -2.23. The number of hydrogen-bond donors (Lipinski definition) is 0. The van der Waals surface area contributed by atoms with Gasteiger partial charge < -0.3 is 0 Å². The molecular weight excluding hydrogens is 392 g/mol. The lowest BCUT2D eigenvalue weighted by Crippen LogP contribution is -2.42. The van der Waals surface area contributed by atoms with Crippen molar-refractivity contribution in [1.29, 1.82) is 0 Å². The maximum atomic E-state index is 13.0. The minimum Gasteiger partial charge on any atom is -0.287 e. The minimum absolute atomic E-state index is 0.366. The topological polar surface area (TPSA) is 67.3 Å². The first-order valence-electron chi connectivity index (χ1n) is 8.91. The molecule has 1 heterocycles. The van der Waals surface area contributed by atoms with Gasteiger partial charge in [0.05, 0.1) is 5.69 Å². The average molecular weight is 415 g/mol. The Labute approximate surface area is 169 Å². The molecule has 0 saturated carbocycles. The molecule has 146 valence electrons. The molecule has 0 spiro atoms. The van der Waals surface area contributed by atoms with Crippen LogP contribution in [0.4, 0.5) is 5.13 Å². The van der Waals surface area contributed by atoms with Gasteiger partial charge >= 0.3 is 0 Å². The summed E-state index contributed by atoms with van der Waals surface area (Å²) in [5, 5.41) is 1.28. The highest BCUT2D eigenvalue weighted by molar-refractivity contribution is 7.92. The largest absolute Gasteiger partial charge is 0.287 e. The number of thiazole rings is 1. The third kappa shape index (κ3) is 4.85. The Bertz CT molecular complexity index is 1030. The fraction of sp³-hybridized carbons (Fsp3) is 0.238. The minimum atomic E-state index is -3.50. The van der Waals surface area contributed by atoms with Crippen molar-refractivity contribution >= 4 is 32.2 Å². The molecule has 1 unspecified atom stereocenters. The van der Waals surface area contributed by atoms with E-state index in [1.165, 1.54) is 23.2 Å². The Kier molecular flexibility index (Phi) is 6.26. The van der Waals surface area contributed by atoms with Crippen molar-refractivity contribution in [3.63, 3.8) is 0 Å². The van der Waals surface area contributed by atoms with Crippen LogP contribution in [-0.2, 0) is 21.1 Å². The number of benzene rings is 2. The molecule has 3 rings (SSSR count). The summed E-state index contributed by atoms with van der Waals surface area (Å²) >= 11 is 1.34. The summed E-state index contributed by atoms with van der Waals surface area (Å²) in [5.41, 5.74) is 2.80. The first-order chi connectivity index (χ1) is 13.4. The van der Waals surface area contributed by atoms with Crippen molar-refractivity contribution in [2.24, 2.45) is 0 Å². The second-order valence-corrected chi connectivity index (χ2v) is 9.78. The zero-order chi connectivity index (χ0) is 20.1. The van der Waals surface area contributed by atoms with E-state index in [9.17, 15) is 13.2 Å². The van der Waals surface area contributed by atoms with Gasteiger partial charge in [-0.25, -0.2) is 13.4 Å². The Morgan fingerprint density at radius 2 is 1.68 bits per heavy atom. The van der Waals surface area contributed by atoms with Crippen LogP contribution in [0.15, 0.2) is 66.0 Å². The third-order valence-electron chi connectivity index (χ3n) is 4.52. The van der Waals surface area contributed by atoms with Crippen LogP contribution >= 0.6 is 11.3 Å². The van der Waals surface area contributed by atoms with E-state index in [-0.39, 0.29) is 0 Å². The van der Waals surface area contributed by atoms with Crippen molar-refractivity contribution in [1.82, 2.24) is 4.98 Å². The van der Waals surface area contributed by atoms with Crippen molar-refractivity contribution in [2.75, 3.05) is 17.7 Å². The zero-order valence-corrected chi connectivity index (χ0v) is 17.4. The molecular formula is C21H22N2O3S2. The van der Waals surface area contributed by atoms with E-state index in [0.29, 0.717) is 18.1 Å². The average Bonchev–Trinajstić information content (AvgIpc) is 3.18. The van der Waals surface area contributed by atoms with Gasteiger partial charge in [-0.2, -0.15) is 0 Å². The van der Waals surface area contributed by atoms with E-state index < -0.39 is 21.0 Å². The monoisotopic (exact) mass is 414 g/mol. The van der Waals surface area contributed by atoms with Gasteiger partial charge in [0, 0.05) is 23.7 Å². The van der Waals surface area contributed by atoms with Gasteiger partial charge in [0.15, 0.2) is 15.0 Å². The van der Waals surface area contributed by atoms with E-state index in [2.05, 4.69) is 4.98 Å². The lowest BCUT2D eigenvalue weighted by atomic mass is 10.1. The van der Waals surface area contributed by atoms with Crippen LogP contribution in [0.25, 0.3) is 11.3 Å². The molecule has 3 aromatic rings. The van der Waals surface area contributed by atoms with E-state index in [0.717, 1.165) is 23.1 Å². The van der Waals surface area contributed by atoms with E-state index >= 15 is 0 Å². The SMILES string of the molecule is CC(C(=O)N(CCc1ccccc1)c1nc(-c2ccccc2)cs1)S(C)(=O)=O. The molecule has 0 saturated heterocycles. The number of carbonyl (C=O) groups excluding carboxylic acids is 1. The van der Waals surface area contributed by atoms with Crippen molar-refractivity contribution < 1.29 is 13.2 Å². The number of sulfone groups is 1. The maximum absolute atomic E-state index is 13.0. The maximum Gasteiger partial charge on any atom is 0.246 e. The first kappa shape index (κ1) is 20.2. The summed E-state index contributed by atoms with van der Waals surface area (Å²) in [5.74, 6) is -0.451. The Morgan fingerprint density at radius 3 is 2.29 bits per heavy atom. The zero-order valence-electron chi connectivity index (χ0n) is 15.8. The molecule has 0 N–H and O–H groups in total. The van der Waals surface area contributed by atoms with Gasteiger partial charge in [-0.15, -0.1) is 11.3 Å². The summed E-state index contributed by atoms with van der Waals surface area (Å²) < 4.78 is 23.9. The van der Waals surface area contributed by atoms with Crippen LogP contribution in [0.1, 0.15) is 12.5 Å². The molecule has 1 amide bonds. The molecule has 0 aliphatic rings. The van der Waals surface area contributed by atoms with Crippen LogP contribution in [0.2, 0.25) is 0 Å². The molecule has 7 heteroatoms. The van der Waals surface area contributed by atoms with Crippen molar-refractivity contribution in [2.45, 2.75) is 18.6 Å².